The summed E-state index contributed by atoms with van der Waals surface area (Å²) < 4.78 is 37.3. The summed E-state index contributed by atoms with van der Waals surface area (Å²) in [6, 6.07) is 13.3. The number of carbonyl (C=O) groups is 1. The lowest BCUT2D eigenvalue weighted by atomic mass is 10.2. The largest absolute Gasteiger partial charge is 0.439 e. The number of sulfonamides is 1. The van der Waals surface area contributed by atoms with Crippen molar-refractivity contribution in [3.63, 3.8) is 0 Å². The molecular formula is C20H18Cl2N4O5S. The van der Waals surface area contributed by atoms with Gasteiger partial charge in [-0.1, -0.05) is 52.6 Å². The summed E-state index contributed by atoms with van der Waals surface area (Å²) >= 11 is 12.2. The van der Waals surface area contributed by atoms with Crippen molar-refractivity contribution in [2.24, 2.45) is 0 Å². The van der Waals surface area contributed by atoms with Gasteiger partial charge in [-0.3, -0.25) is 9.32 Å². The van der Waals surface area contributed by atoms with Crippen molar-refractivity contribution in [3.05, 3.63) is 58.6 Å². The van der Waals surface area contributed by atoms with Crippen LogP contribution in [0.15, 0.2) is 57.9 Å². The van der Waals surface area contributed by atoms with E-state index in [1.54, 1.807) is 36.4 Å². The molecule has 0 atom stereocenters. The smallest absolute Gasteiger partial charge is 0.418 e. The van der Waals surface area contributed by atoms with Crippen molar-refractivity contribution >= 4 is 39.1 Å². The number of hydrogen-bond donors (Lipinski definition) is 0. The summed E-state index contributed by atoms with van der Waals surface area (Å²) in [7, 11) is -3.74. The van der Waals surface area contributed by atoms with Gasteiger partial charge in [0.05, 0.1) is 10.0 Å². The van der Waals surface area contributed by atoms with Crippen LogP contribution in [0.1, 0.15) is 0 Å². The predicted octanol–water partition coefficient (Wildman–Crippen LogP) is 2.96. The standard InChI is InChI=1S/C20H18Cl2N4O5S/c21-15-6-2-1-5-14(15)19-23-20(31-24-19)30-13-18(27)25-9-11-26(12-10-25)32(28,29)17-8-4-3-7-16(17)22/h1-8H,9-13H2. The van der Waals surface area contributed by atoms with Crippen LogP contribution in [-0.4, -0.2) is 66.5 Å². The first-order chi connectivity index (χ1) is 15.4. The Morgan fingerprint density at radius 1 is 1.00 bits per heavy atom. The van der Waals surface area contributed by atoms with Crippen LogP contribution >= 0.6 is 23.2 Å². The van der Waals surface area contributed by atoms with E-state index in [1.807, 2.05) is 0 Å². The van der Waals surface area contributed by atoms with Gasteiger partial charge in [-0.05, 0) is 24.3 Å². The van der Waals surface area contributed by atoms with E-state index in [1.165, 1.54) is 21.3 Å². The number of aromatic nitrogens is 2. The molecule has 0 unspecified atom stereocenters. The first-order valence-electron chi connectivity index (χ1n) is 9.60. The van der Waals surface area contributed by atoms with Crippen molar-refractivity contribution in [1.29, 1.82) is 0 Å². The highest BCUT2D eigenvalue weighted by Crippen LogP contribution is 2.27. The molecule has 0 aliphatic carbocycles. The minimum absolute atomic E-state index is 0.0514. The van der Waals surface area contributed by atoms with Crippen LogP contribution in [0, 0.1) is 0 Å². The Hall–Kier alpha value is -2.66. The highest BCUT2D eigenvalue weighted by atomic mass is 35.5. The minimum atomic E-state index is -3.74. The Morgan fingerprint density at radius 2 is 1.66 bits per heavy atom. The van der Waals surface area contributed by atoms with Crippen LogP contribution in [0.3, 0.4) is 0 Å². The van der Waals surface area contributed by atoms with Gasteiger partial charge in [-0.15, -0.1) is 0 Å². The SMILES string of the molecule is O=C(COc1nc(-c2ccccc2Cl)no1)N1CCN(S(=O)(=O)c2ccccc2Cl)CC1. The van der Waals surface area contributed by atoms with Crippen molar-refractivity contribution in [1.82, 2.24) is 19.3 Å². The number of amides is 1. The van der Waals surface area contributed by atoms with E-state index in [9.17, 15) is 13.2 Å². The van der Waals surface area contributed by atoms with Gasteiger partial charge in [0, 0.05) is 31.7 Å². The van der Waals surface area contributed by atoms with Gasteiger partial charge in [0.1, 0.15) is 4.90 Å². The average molecular weight is 497 g/mol. The van der Waals surface area contributed by atoms with E-state index < -0.39 is 10.0 Å². The molecule has 32 heavy (non-hydrogen) atoms. The number of piperazine rings is 1. The number of hydrogen-bond acceptors (Lipinski definition) is 7. The zero-order valence-electron chi connectivity index (χ0n) is 16.6. The van der Waals surface area contributed by atoms with Gasteiger partial charge in [-0.2, -0.15) is 9.29 Å². The second kappa shape index (κ2) is 9.45. The lowest BCUT2D eigenvalue weighted by Gasteiger charge is -2.33. The molecule has 0 spiro atoms. The number of carbonyl (C=O) groups excluding carboxylic acids is 1. The fourth-order valence-electron chi connectivity index (χ4n) is 3.21. The molecule has 1 saturated heterocycles. The zero-order valence-corrected chi connectivity index (χ0v) is 19.0. The summed E-state index contributed by atoms with van der Waals surface area (Å²) in [5.41, 5.74) is 0.579. The molecule has 4 rings (SSSR count). The second-order valence-corrected chi connectivity index (χ2v) is 9.59. The Morgan fingerprint density at radius 3 is 2.34 bits per heavy atom. The molecule has 168 valence electrons. The van der Waals surface area contributed by atoms with E-state index in [2.05, 4.69) is 10.1 Å². The Kier molecular flexibility index (Phi) is 6.66. The van der Waals surface area contributed by atoms with Crippen molar-refractivity contribution in [3.8, 4) is 17.5 Å². The molecule has 0 bridgehead atoms. The molecule has 2 heterocycles. The zero-order chi connectivity index (χ0) is 22.7. The topological polar surface area (TPSA) is 106 Å². The molecule has 1 amide bonds. The summed E-state index contributed by atoms with van der Waals surface area (Å²) in [5, 5.41) is 4.43. The summed E-state index contributed by atoms with van der Waals surface area (Å²) in [6.07, 6.45) is -0.159. The summed E-state index contributed by atoms with van der Waals surface area (Å²) in [5.74, 6) is -0.0753. The quantitative estimate of drug-likeness (QED) is 0.516. The van der Waals surface area contributed by atoms with Gasteiger partial charge >= 0.3 is 6.08 Å². The second-order valence-electron chi connectivity index (χ2n) is 6.87. The van der Waals surface area contributed by atoms with Crippen LogP contribution in [0.25, 0.3) is 11.4 Å². The van der Waals surface area contributed by atoms with Gasteiger partial charge in [0.25, 0.3) is 5.91 Å². The molecule has 1 aliphatic rings. The maximum absolute atomic E-state index is 12.8. The van der Waals surface area contributed by atoms with Crippen molar-refractivity contribution in [2.75, 3.05) is 32.8 Å². The summed E-state index contributed by atoms with van der Waals surface area (Å²) in [6.45, 7) is 0.426. The molecule has 1 fully saturated rings. The molecular weight excluding hydrogens is 479 g/mol. The van der Waals surface area contributed by atoms with E-state index >= 15 is 0 Å². The number of nitrogens with zero attached hydrogens (tertiary/aromatic N) is 4. The molecule has 0 radical (unpaired) electrons. The third-order valence-corrected chi connectivity index (χ3v) is 7.62. The molecule has 2 aromatic carbocycles. The first-order valence-corrected chi connectivity index (χ1v) is 11.8. The Bertz CT molecular complexity index is 1230. The number of halogens is 2. The third kappa shape index (κ3) is 4.73. The van der Waals surface area contributed by atoms with E-state index in [0.29, 0.717) is 10.6 Å². The highest BCUT2D eigenvalue weighted by Gasteiger charge is 2.31. The lowest BCUT2D eigenvalue weighted by molar-refractivity contribution is -0.135. The van der Waals surface area contributed by atoms with Gasteiger partial charge in [-0.25, -0.2) is 8.42 Å². The fourth-order valence-corrected chi connectivity index (χ4v) is 5.34. The molecule has 0 N–H and O–H groups in total. The molecule has 3 aromatic rings. The highest BCUT2D eigenvalue weighted by molar-refractivity contribution is 7.89. The van der Waals surface area contributed by atoms with E-state index in [-0.39, 0.29) is 60.5 Å². The van der Waals surface area contributed by atoms with Crippen LogP contribution < -0.4 is 4.74 Å². The number of benzene rings is 2. The Labute approximate surface area is 194 Å². The molecule has 1 aromatic heterocycles. The third-order valence-electron chi connectivity index (χ3n) is 4.89. The maximum Gasteiger partial charge on any atom is 0.418 e. The number of ether oxygens (including phenoxy) is 1. The molecule has 9 nitrogen and oxygen atoms in total. The molecule has 12 heteroatoms. The molecule has 0 saturated carbocycles. The first kappa shape index (κ1) is 22.5. The van der Waals surface area contributed by atoms with Crippen LogP contribution in [0.5, 0.6) is 6.08 Å². The van der Waals surface area contributed by atoms with Gasteiger partial charge in [0.2, 0.25) is 15.8 Å². The van der Waals surface area contributed by atoms with Crippen molar-refractivity contribution < 1.29 is 22.5 Å². The fraction of sp³-hybridized carbons (Fsp3) is 0.250. The minimum Gasteiger partial charge on any atom is -0.439 e. The van der Waals surface area contributed by atoms with Crippen LogP contribution in [-0.2, 0) is 14.8 Å². The van der Waals surface area contributed by atoms with Crippen molar-refractivity contribution in [2.45, 2.75) is 4.90 Å². The van der Waals surface area contributed by atoms with Crippen LogP contribution in [0.4, 0.5) is 0 Å². The normalized spacial score (nSPS) is 15.0. The maximum atomic E-state index is 12.8. The number of rotatable bonds is 6. The van der Waals surface area contributed by atoms with E-state index in [4.69, 9.17) is 32.5 Å². The summed E-state index contributed by atoms with van der Waals surface area (Å²) in [4.78, 5) is 18.1. The van der Waals surface area contributed by atoms with Crippen LogP contribution in [0.2, 0.25) is 10.0 Å². The predicted molar refractivity (Wildman–Crippen MR) is 117 cm³/mol. The average Bonchev–Trinajstić information content (AvgIpc) is 3.27. The lowest BCUT2D eigenvalue weighted by Crippen LogP contribution is -2.51. The van der Waals surface area contributed by atoms with Gasteiger partial charge < -0.3 is 9.64 Å². The van der Waals surface area contributed by atoms with Gasteiger partial charge in [0.15, 0.2) is 6.61 Å². The Balaban J connectivity index is 1.32. The van der Waals surface area contributed by atoms with E-state index in [0.717, 1.165) is 0 Å². The monoisotopic (exact) mass is 496 g/mol. The molecule has 1 aliphatic heterocycles.